The summed E-state index contributed by atoms with van der Waals surface area (Å²) < 4.78 is 12.9. The highest BCUT2D eigenvalue weighted by Crippen LogP contribution is 2.25. The summed E-state index contributed by atoms with van der Waals surface area (Å²) in [7, 11) is 0. The van der Waals surface area contributed by atoms with Gasteiger partial charge in [0.05, 0.1) is 0 Å². The van der Waals surface area contributed by atoms with Crippen molar-refractivity contribution in [1.29, 1.82) is 0 Å². The first-order chi connectivity index (χ1) is 4.61. The molecule has 0 nitrogen and oxygen atoms in total. The fourth-order valence-electron chi connectivity index (χ4n) is 0.899. The number of hydrogen-bond donors (Lipinski definition) is 0. The van der Waals surface area contributed by atoms with Gasteiger partial charge in [-0.05, 0) is 18.9 Å². The summed E-state index contributed by atoms with van der Waals surface area (Å²) >= 11 is 1.23. The van der Waals surface area contributed by atoms with E-state index in [4.69, 9.17) is 0 Å². The van der Waals surface area contributed by atoms with E-state index in [2.05, 4.69) is 0 Å². The van der Waals surface area contributed by atoms with Crippen LogP contribution in [-0.2, 0) is 0 Å². The molecule has 0 amide bonds. The summed E-state index contributed by atoms with van der Waals surface area (Å²) in [6.07, 6.45) is 0. The van der Waals surface area contributed by atoms with Crippen molar-refractivity contribution in [3.8, 4) is 0 Å². The zero-order chi connectivity index (χ0) is 7.72. The first-order valence-electron chi connectivity index (χ1n) is 3.37. The molecule has 0 aliphatic heterocycles. The Morgan fingerprint density at radius 1 is 1.50 bits per heavy atom. The van der Waals surface area contributed by atoms with Gasteiger partial charge in [-0.1, -0.05) is 13.8 Å². The van der Waals surface area contributed by atoms with Gasteiger partial charge >= 0.3 is 0 Å². The minimum atomic E-state index is -0.0208. The number of rotatable bonds is 1. The molecule has 2 heteroatoms. The van der Waals surface area contributed by atoms with Crippen LogP contribution in [0.1, 0.15) is 30.2 Å². The van der Waals surface area contributed by atoms with Crippen molar-refractivity contribution in [1.82, 2.24) is 0 Å². The van der Waals surface area contributed by atoms with E-state index in [0.29, 0.717) is 5.92 Å². The normalized spacial score (nSPS) is 10.9. The lowest BCUT2D eigenvalue weighted by Crippen LogP contribution is -1.85. The van der Waals surface area contributed by atoms with Crippen molar-refractivity contribution in [2.45, 2.75) is 26.7 Å². The monoisotopic (exact) mass is 158 g/mol. The van der Waals surface area contributed by atoms with E-state index < -0.39 is 0 Å². The fourth-order valence-corrected chi connectivity index (χ4v) is 1.78. The van der Waals surface area contributed by atoms with Crippen LogP contribution in [-0.4, -0.2) is 0 Å². The lowest BCUT2D eigenvalue weighted by molar-refractivity contribution is 0.628. The van der Waals surface area contributed by atoms with Crippen LogP contribution in [0.4, 0.5) is 4.39 Å². The summed E-state index contributed by atoms with van der Waals surface area (Å²) in [5.74, 6) is 0.310. The van der Waals surface area contributed by atoms with E-state index in [0.717, 1.165) is 10.4 Å². The zero-order valence-corrected chi connectivity index (χ0v) is 7.26. The molecule has 1 aromatic heterocycles. The standard InChI is InChI=1S/C8H11FS/c1-5(2)7-4-6(3)10-8(7)9/h4-5H,1-3H3. The van der Waals surface area contributed by atoms with E-state index in [-0.39, 0.29) is 5.13 Å². The van der Waals surface area contributed by atoms with Gasteiger partial charge in [0.25, 0.3) is 0 Å². The van der Waals surface area contributed by atoms with Crippen LogP contribution in [0.25, 0.3) is 0 Å². The maximum atomic E-state index is 12.9. The first kappa shape index (κ1) is 7.73. The molecule has 0 aliphatic rings. The molecule has 0 radical (unpaired) electrons. The van der Waals surface area contributed by atoms with E-state index in [9.17, 15) is 4.39 Å². The summed E-state index contributed by atoms with van der Waals surface area (Å²) in [6.45, 7) is 5.94. The van der Waals surface area contributed by atoms with Crippen LogP contribution in [0.15, 0.2) is 6.07 Å². The largest absolute Gasteiger partial charge is 0.195 e. The molecule has 0 atom stereocenters. The van der Waals surface area contributed by atoms with Crippen LogP contribution in [0.3, 0.4) is 0 Å². The van der Waals surface area contributed by atoms with Gasteiger partial charge < -0.3 is 0 Å². The summed E-state index contributed by atoms with van der Waals surface area (Å²) in [5.41, 5.74) is 0.850. The molecule has 0 saturated heterocycles. The maximum absolute atomic E-state index is 12.9. The van der Waals surface area contributed by atoms with Gasteiger partial charge in [-0.3, -0.25) is 0 Å². The maximum Gasteiger partial charge on any atom is 0.180 e. The average Bonchev–Trinajstić information content (AvgIpc) is 2.10. The number of aryl methyl sites for hydroxylation is 1. The van der Waals surface area contributed by atoms with Crippen LogP contribution < -0.4 is 0 Å². The van der Waals surface area contributed by atoms with Crippen LogP contribution in [0, 0.1) is 12.1 Å². The number of hydrogen-bond acceptors (Lipinski definition) is 1. The molecule has 10 heavy (non-hydrogen) atoms. The Morgan fingerprint density at radius 3 is 2.30 bits per heavy atom. The molecule has 0 fully saturated rings. The van der Waals surface area contributed by atoms with Crippen molar-refractivity contribution >= 4 is 11.3 Å². The van der Waals surface area contributed by atoms with Gasteiger partial charge in [-0.25, -0.2) is 0 Å². The molecule has 0 N–H and O–H groups in total. The van der Waals surface area contributed by atoms with Crippen molar-refractivity contribution in [2.24, 2.45) is 0 Å². The van der Waals surface area contributed by atoms with Gasteiger partial charge in [-0.15, -0.1) is 11.3 Å². The average molecular weight is 158 g/mol. The third kappa shape index (κ3) is 1.37. The van der Waals surface area contributed by atoms with Crippen LogP contribution in [0.5, 0.6) is 0 Å². The number of thiophene rings is 1. The predicted molar refractivity (Wildman–Crippen MR) is 43.1 cm³/mol. The predicted octanol–water partition coefficient (Wildman–Crippen LogP) is 3.32. The SMILES string of the molecule is Cc1cc(C(C)C)c(F)s1. The van der Waals surface area contributed by atoms with Gasteiger partial charge in [0.15, 0.2) is 5.13 Å². The van der Waals surface area contributed by atoms with E-state index in [1.54, 1.807) is 0 Å². The van der Waals surface area contributed by atoms with E-state index in [1.807, 2.05) is 26.8 Å². The molecule has 0 aliphatic carbocycles. The summed E-state index contributed by atoms with van der Waals surface area (Å²) in [6, 6.07) is 1.92. The molecule has 1 rings (SSSR count). The Bertz CT molecular complexity index is 225. The fraction of sp³-hybridized carbons (Fsp3) is 0.500. The van der Waals surface area contributed by atoms with E-state index in [1.165, 1.54) is 11.3 Å². The third-order valence-electron chi connectivity index (χ3n) is 1.46. The van der Waals surface area contributed by atoms with Crippen molar-refractivity contribution in [3.05, 3.63) is 21.6 Å². The molecule has 0 bridgehead atoms. The minimum Gasteiger partial charge on any atom is -0.195 e. The van der Waals surface area contributed by atoms with E-state index >= 15 is 0 Å². The van der Waals surface area contributed by atoms with Gasteiger partial charge in [0.2, 0.25) is 0 Å². The third-order valence-corrected chi connectivity index (χ3v) is 2.31. The van der Waals surface area contributed by atoms with Crippen molar-refractivity contribution < 1.29 is 4.39 Å². The second-order valence-electron chi connectivity index (χ2n) is 2.74. The van der Waals surface area contributed by atoms with Crippen LogP contribution >= 0.6 is 11.3 Å². The smallest absolute Gasteiger partial charge is 0.180 e. The Kier molecular flexibility index (Phi) is 2.09. The summed E-state index contributed by atoms with van der Waals surface area (Å²) in [5, 5.41) is -0.0208. The molecular formula is C8H11FS. The Balaban J connectivity index is 3.03. The Labute approximate surface area is 64.7 Å². The highest BCUT2D eigenvalue weighted by molar-refractivity contribution is 7.10. The molecule has 0 unspecified atom stereocenters. The van der Waals surface area contributed by atoms with Gasteiger partial charge in [0, 0.05) is 10.4 Å². The lowest BCUT2D eigenvalue weighted by atomic mass is 10.1. The number of halogens is 1. The minimum absolute atomic E-state index is 0.0208. The zero-order valence-electron chi connectivity index (χ0n) is 6.44. The van der Waals surface area contributed by atoms with Crippen molar-refractivity contribution in [3.63, 3.8) is 0 Å². The van der Waals surface area contributed by atoms with Crippen molar-refractivity contribution in [2.75, 3.05) is 0 Å². The summed E-state index contributed by atoms with van der Waals surface area (Å²) in [4.78, 5) is 1.06. The molecule has 1 heterocycles. The Morgan fingerprint density at radius 2 is 2.10 bits per heavy atom. The Hall–Kier alpha value is -0.370. The van der Waals surface area contributed by atoms with Gasteiger partial charge in [0.1, 0.15) is 0 Å². The molecule has 0 spiro atoms. The highest BCUT2D eigenvalue weighted by Gasteiger charge is 2.08. The molecule has 0 saturated carbocycles. The lowest BCUT2D eigenvalue weighted by Gasteiger charge is -1.98. The van der Waals surface area contributed by atoms with Gasteiger partial charge in [-0.2, -0.15) is 4.39 Å². The van der Waals surface area contributed by atoms with Crippen LogP contribution in [0.2, 0.25) is 0 Å². The second kappa shape index (κ2) is 2.70. The quantitative estimate of drug-likeness (QED) is 0.588. The molecular weight excluding hydrogens is 147 g/mol. The topological polar surface area (TPSA) is 0 Å². The molecule has 1 aromatic rings. The first-order valence-corrected chi connectivity index (χ1v) is 4.18. The molecule has 56 valence electrons. The highest BCUT2D eigenvalue weighted by atomic mass is 32.1. The molecule has 0 aromatic carbocycles. The second-order valence-corrected chi connectivity index (χ2v) is 3.95.